The van der Waals surface area contributed by atoms with Gasteiger partial charge in [0.15, 0.2) is 0 Å². The Morgan fingerprint density at radius 1 is 1.20 bits per heavy atom. The molecule has 8 nitrogen and oxygen atoms in total. The molecule has 0 radical (unpaired) electrons. The number of anilines is 2. The molecule has 0 fully saturated rings. The zero-order valence-electron chi connectivity index (χ0n) is 17.7. The predicted molar refractivity (Wildman–Crippen MR) is 116 cm³/mol. The lowest BCUT2D eigenvalue weighted by molar-refractivity contribution is -0.119. The highest BCUT2D eigenvalue weighted by Gasteiger charge is 2.36. The summed E-state index contributed by atoms with van der Waals surface area (Å²) < 4.78 is 5.19. The maximum Gasteiger partial charge on any atom is 0.257 e. The van der Waals surface area contributed by atoms with Crippen molar-refractivity contribution < 1.29 is 14.3 Å². The largest absolute Gasteiger partial charge is 0.383 e. The molecule has 0 saturated carbocycles. The molecule has 0 N–H and O–H groups in total. The van der Waals surface area contributed by atoms with Crippen LogP contribution in [0.1, 0.15) is 39.7 Å². The number of carbonyl (C=O) groups is 2. The van der Waals surface area contributed by atoms with Gasteiger partial charge in [0.05, 0.1) is 25.3 Å². The van der Waals surface area contributed by atoms with E-state index in [4.69, 9.17) is 4.74 Å². The number of aryl methyl sites for hydroxylation is 1. The van der Waals surface area contributed by atoms with Gasteiger partial charge in [-0.1, -0.05) is 13.3 Å². The Hall–Kier alpha value is -2.52. The van der Waals surface area contributed by atoms with Crippen LogP contribution in [0.15, 0.2) is 12.4 Å². The lowest BCUT2D eigenvalue weighted by atomic mass is 10.0. The Kier molecular flexibility index (Phi) is 6.01. The normalized spacial score (nSPS) is 16.6. The minimum Gasteiger partial charge on any atom is -0.383 e. The number of thiophene rings is 1. The van der Waals surface area contributed by atoms with Crippen molar-refractivity contribution in [2.24, 2.45) is 0 Å². The molecule has 0 aromatic carbocycles. The number of hydrogen-bond donors (Lipinski definition) is 0. The molecule has 0 unspecified atom stereocenters. The van der Waals surface area contributed by atoms with Crippen LogP contribution >= 0.6 is 11.3 Å². The number of carbonyl (C=O) groups excluding carboxylic acids is 2. The molecule has 9 heteroatoms. The van der Waals surface area contributed by atoms with Gasteiger partial charge in [-0.05, 0) is 24.0 Å². The fourth-order valence-corrected chi connectivity index (χ4v) is 5.37. The molecule has 2 amide bonds. The second-order valence-corrected chi connectivity index (χ2v) is 8.78. The van der Waals surface area contributed by atoms with Crippen molar-refractivity contribution in [3.05, 3.63) is 34.0 Å². The molecule has 0 bridgehead atoms. The smallest absolute Gasteiger partial charge is 0.257 e. The third-order valence-corrected chi connectivity index (χ3v) is 6.79. The van der Waals surface area contributed by atoms with Crippen LogP contribution in [0, 0.1) is 0 Å². The monoisotopic (exact) mass is 429 g/mol. The first-order chi connectivity index (χ1) is 14.5. The number of nitrogens with zero attached hydrogens (tertiary/aromatic N) is 5. The molecule has 0 aliphatic carbocycles. The summed E-state index contributed by atoms with van der Waals surface area (Å²) in [5.41, 5.74) is 2.88. The predicted octanol–water partition coefficient (Wildman–Crippen LogP) is 2.12. The summed E-state index contributed by atoms with van der Waals surface area (Å²) in [6.45, 7) is 4.48. The van der Waals surface area contributed by atoms with Crippen LogP contribution in [-0.4, -0.2) is 67.1 Å². The minimum absolute atomic E-state index is 0.0769. The van der Waals surface area contributed by atoms with E-state index in [1.807, 2.05) is 12.4 Å². The second kappa shape index (κ2) is 8.69. The standard InChI is InChI=1S/C21H27N5O3S/c1-4-5-14-10-22-21(23-11-14)25-7-6-15-16(12-25)30-20-18(15)19(28)24(2)13-17(27)26(20)8-9-29-3/h10-11H,4-9,12-13H2,1-3H3. The Balaban J connectivity index is 1.65. The van der Waals surface area contributed by atoms with Gasteiger partial charge in [0.1, 0.15) is 11.5 Å². The zero-order chi connectivity index (χ0) is 21.3. The molecular weight excluding hydrogens is 402 g/mol. The summed E-state index contributed by atoms with van der Waals surface area (Å²) in [6, 6.07) is 0. The number of ether oxygens (including phenoxy) is 1. The average Bonchev–Trinajstić information content (AvgIpc) is 3.08. The quantitative estimate of drug-likeness (QED) is 0.700. The van der Waals surface area contributed by atoms with Crippen molar-refractivity contribution >= 4 is 34.1 Å². The van der Waals surface area contributed by atoms with Crippen molar-refractivity contribution in [1.82, 2.24) is 14.9 Å². The van der Waals surface area contributed by atoms with E-state index >= 15 is 0 Å². The van der Waals surface area contributed by atoms with Gasteiger partial charge in [-0.2, -0.15) is 0 Å². The first kappa shape index (κ1) is 20.7. The fourth-order valence-electron chi connectivity index (χ4n) is 3.97. The first-order valence-electron chi connectivity index (χ1n) is 10.3. The molecule has 2 aromatic heterocycles. The van der Waals surface area contributed by atoms with Gasteiger partial charge in [0.2, 0.25) is 11.9 Å². The van der Waals surface area contributed by atoms with Crippen molar-refractivity contribution in [3.8, 4) is 0 Å². The van der Waals surface area contributed by atoms with Crippen LogP contribution < -0.4 is 9.80 Å². The van der Waals surface area contributed by atoms with Crippen LogP contribution in [0.4, 0.5) is 10.9 Å². The molecule has 0 saturated heterocycles. The summed E-state index contributed by atoms with van der Waals surface area (Å²) in [5.74, 6) is 0.552. The maximum atomic E-state index is 13.1. The third kappa shape index (κ3) is 3.79. The molecule has 2 aromatic rings. The van der Waals surface area contributed by atoms with E-state index in [0.29, 0.717) is 31.2 Å². The zero-order valence-corrected chi connectivity index (χ0v) is 18.5. The van der Waals surface area contributed by atoms with Gasteiger partial charge in [-0.25, -0.2) is 9.97 Å². The molecule has 2 aliphatic rings. The number of hydrogen-bond acceptors (Lipinski definition) is 7. The summed E-state index contributed by atoms with van der Waals surface area (Å²) >= 11 is 1.53. The molecule has 160 valence electrons. The molecule has 4 rings (SSSR count). The highest BCUT2D eigenvalue weighted by atomic mass is 32.1. The van der Waals surface area contributed by atoms with Crippen LogP contribution in [0.25, 0.3) is 0 Å². The molecule has 2 aliphatic heterocycles. The minimum atomic E-state index is -0.0793. The number of fused-ring (bicyclic) bond motifs is 3. The number of amides is 2. The lowest BCUT2D eigenvalue weighted by Gasteiger charge is -2.27. The van der Waals surface area contributed by atoms with E-state index in [2.05, 4.69) is 21.8 Å². The Labute approximate surface area is 180 Å². The fraction of sp³-hybridized carbons (Fsp3) is 0.524. The van der Waals surface area contributed by atoms with Gasteiger partial charge >= 0.3 is 0 Å². The van der Waals surface area contributed by atoms with Crippen LogP contribution in [0.5, 0.6) is 0 Å². The summed E-state index contributed by atoms with van der Waals surface area (Å²) in [5, 5.41) is 0.748. The number of rotatable bonds is 6. The Bertz CT molecular complexity index is 943. The van der Waals surface area contributed by atoms with Crippen molar-refractivity contribution in [2.45, 2.75) is 32.7 Å². The number of aromatic nitrogens is 2. The third-order valence-electron chi connectivity index (χ3n) is 5.55. The van der Waals surface area contributed by atoms with Gasteiger partial charge in [-0.3, -0.25) is 14.5 Å². The highest BCUT2D eigenvalue weighted by molar-refractivity contribution is 7.17. The van der Waals surface area contributed by atoms with E-state index in [-0.39, 0.29) is 18.4 Å². The molecule has 0 atom stereocenters. The molecule has 4 heterocycles. The summed E-state index contributed by atoms with van der Waals surface area (Å²) in [7, 11) is 3.30. The van der Waals surface area contributed by atoms with Crippen molar-refractivity contribution in [2.75, 3.05) is 50.2 Å². The first-order valence-corrected chi connectivity index (χ1v) is 11.1. The van der Waals surface area contributed by atoms with Gasteiger partial charge in [0.25, 0.3) is 5.91 Å². The maximum absolute atomic E-state index is 13.1. The highest BCUT2D eigenvalue weighted by Crippen LogP contribution is 2.41. The van der Waals surface area contributed by atoms with E-state index in [1.54, 1.807) is 19.1 Å². The van der Waals surface area contributed by atoms with E-state index in [9.17, 15) is 9.59 Å². The van der Waals surface area contributed by atoms with Crippen LogP contribution in [-0.2, 0) is 28.9 Å². The summed E-state index contributed by atoms with van der Waals surface area (Å²) in [6.07, 6.45) is 6.57. The number of likely N-dealkylation sites (N-methyl/N-ethyl adjacent to an activating group) is 1. The van der Waals surface area contributed by atoms with E-state index < -0.39 is 0 Å². The molecule has 0 spiro atoms. The van der Waals surface area contributed by atoms with Crippen molar-refractivity contribution in [3.63, 3.8) is 0 Å². The van der Waals surface area contributed by atoms with Crippen LogP contribution in [0.2, 0.25) is 0 Å². The number of methoxy groups -OCH3 is 1. The second-order valence-electron chi connectivity index (χ2n) is 7.70. The SMILES string of the molecule is CCCc1cnc(N2CCc3c(sc4c3C(=O)N(C)CC(=O)N4CCOC)C2)nc1. The van der Waals surface area contributed by atoms with Crippen molar-refractivity contribution in [1.29, 1.82) is 0 Å². The Morgan fingerprint density at radius 3 is 2.67 bits per heavy atom. The molecular formula is C21H27N5O3S. The average molecular weight is 430 g/mol. The Morgan fingerprint density at radius 2 is 1.97 bits per heavy atom. The van der Waals surface area contributed by atoms with Gasteiger partial charge in [0, 0.05) is 38.0 Å². The lowest BCUT2D eigenvalue weighted by Crippen LogP contribution is -2.39. The topological polar surface area (TPSA) is 78.9 Å². The van der Waals surface area contributed by atoms with Gasteiger partial charge < -0.3 is 14.5 Å². The molecule has 30 heavy (non-hydrogen) atoms. The van der Waals surface area contributed by atoms with Crippen LogP contribution in [0.3, 0.4) is 0 Å². The van der Waals surface area contributed by atoms with Gasteiger partial charge in [-0.15, -0.1) is 11.3 Å². The summed E-state index contributed by atoms with van der Waals surface area (Å²) in [4.78, 5) is 41.4. The van der Waals surface area contributed by atoms with E-state index in [1.165, 1.54) is 16.2 Å². The van der Waals surface area contributed by atoms with E-state index in [0.717, 1.165) is 46.8 Å².